The fourth-order valence-corrected chi connectivity index (χ4v) is 2.08. The Morgan fingerprint density at radius 3 is 2.82 bits per heavy atom. The first-order valence-electron chi connectivity index (χ1n) is 5.31. The molecule has 0 bridgehead atoms. The fraction of sp³-hybridized carbons (Fsp3) is 0.417. The lowest BCUT2D eigenvalue weighted by molar-refractivity contribution is -0.0978. The molecule has 0 aromatic heterocycles. The first kappa shape index (κ1) is 12.9. The molecule has 0 radical (unpaired) electrons. The quantitative estimate of drug-likeness (QED) is 0.930. The SMILES string of the molecule is CC1(CNC(=O)c2ccc(Cl)c(Br)c2)COC1. The summed E-state index contributed by atoms with van der Waals surface area (Å²) in [5, 5.41) is 3.50. The highest BCUT2D eigenvalue weighted by atomic mass is 79.9. The molecule has 1 aromatic rings. The number of halogens is 2. The smallest absolute Gasteiger partial charge is 0.251 e. The van der Waals surface area contributed by atoms with E-state index in [-0.39, 0.29) is 11.3 Å². The van der Waals surface area contributed by atoms with Crippen molar-refractivity contribution in [2.24, 2.45) is 5.41 Å². The van der Waals surface area contributed by atoms with Crippen molar-refractivity contribution in [2.45, 2.75) is 6.92 Å². The molecule has 1 aliphatic rings. The van der Waals surface area contributed by atoms with Crippen LogP contribution in [0.15, 0.2) is 22.7 Å². The van der Waals surface area contributed by atoms with Gasteiger partial charge in [0.25, 0.3) is 5.91 Å². The van der Waals surface area contributed by atoms with Gasteiger partial charge in [0, 0.05) is 22.0 Å². The summed E-state index contributed by atoms with van der Waals surface area (Å²) < 4.78 is 5.86. The fourth-order valence-electron chi connectivity index (χ4n) is 1.59. The van der Waals surface area contributed by atoms with Gasteiger partial charge in [-0.15, -0.1) is 0 Å². The Bertz CT molecular complexity index is 446. The molecular weight excluding hydrogens is 305 g/mol. The van der Waals surface area contributed by atoms with Gasteiger partial charge in [0.2, 0.25) is 0 Å². The zero-order chi connectivity index (χ0) is 12.5. The van der Waals surface area contributed by atoms with E-state index in [4.69, 9.17) is 16.3 Å². The van der Waals surface area contributed by atoms with E-state index in [1.165, 1.54) is 0 Å². The molecule has 0 spiro atoms. The lowest BCUT2D eigenvalue weighted by Crippen LogP contribution is -2.48. The highest BCUT2D eigenvalue weighted by molar-refractivity contribution is 9.10. The minimum atomic E-state index is -0.0875. The largest absolute Gasteiger partial charge is 0.380 e. The second kappa shape index (κ2) is 4.96. The maximum absolute atomic E-state index is 11.9. The van der Waals surface area contributed by atoms with Crippen molar-refractivity contribution in [1.82, 2.24) is 5.32 Å². The van der Waals surface area contributed by atoms with E-state index in [0.717, 1.165) is 4.47 Å². The van der Waals surface area contributed by atoms with Gasteiger partial charge >= 0.3 is 0 Å². The van der Waals surface area contributed by atoms with E-state index in [0.29, 0.717) is 30.3 Å². The molecule has 0 unspecified atom stereocenters. The highest BCUT2D eigenvalue weighted by Gasteiger charge is 2.33. The van der Waals surface area contributed by atoms with Crippen molar-refractivity contribution < 1.29 is 9.53 Å². The second-order valence-electron chi connectivity index (χ2n) is 4.62. The molecule has 1 fully saturated rings. The Morgan fingerprint density at radius 2 is 2.29 bits per heavy atom. The van der Waals surface area contributed by atoms with Crippen molar-refractivity contribution in [3.63, 3.8) is 0 Å². The third-order valence-corrected chi connectivity index (χ3v) is 3.97. The molecule has 1 heterocycles. The van der Waals surface area contributed by atoms with Crippen molar-refractivity contribution >= 4 is 33.4 Å². The van der Waals surface area contributed by atoms with Crippen molar-refractivity contribution in [1.29, 1.82) is 0 Å². The van der Waals surface area contributed by atoms with E-state index >= 15 is 0 Å². The van der Waals surface area contributed by atoms with Crippen molar-refractivity contribution in [3.8, 4) is 0 Å². The third-order valence-electron chi connectivity index (χ3n) is 2.76. The zero-order valence-electron chi connectivity index (χ0n) is 9.43. The van der Waals surface area contributed by atoms with Crippen LogP contribution in [0.4, 0.5) is 0 Å². The van der Waals surface area contributed by atoms with E-state index in [1.54, 1.807) is 18.2 Å². The molecule has 0 atom stereocenters. The number of hydrogen-bond acceptors (Lipinski definition) is 2. The van der Waals surface area contributed by atoms with Gasteiger partial charge in [-0.25, -0.2) is 0 Å². The number of nitrogens with one attached hydrogen (secondary N) is 1. The summed E-state index contributed by atoms with van der Waals surface area (Å²) in [5.74, 6) is -0.0875. The highest BCUT2D eigenvalue weighted by Crippen LogP contribution is 2.26. The number of ether oxygens (including phenoxy) is 1. The lowest BCUT2D eigenvalue weighted by atomic mass is 9.89. The number of hydrogen-bond donors (Lipinski definition) is 1. The topological polar surface area (TPSA) is 38.3 Å². The molecule has 0 saturated carbocycles. The van der Waals surface area contributed by atoms with Crippen LogP contribution in [-0.2, 0) is 4.74 Å². The van der Waals surface area contributed by atoms with Gasteiger partial charge in [-0.05, 0) is 34.1 Å². The van der Waals surface area contributed by atoms with Crippen LogP contribution in [0, 0.1) is 5.41 Å². The van der Waals surface area contributed by atoms with E-state index in [2.05, 4.69) is 28.2 Å². The Hall–Kier alpha value is -0.580. The Balaban J connectivity index is 1.97. The number of benzene rings is 1. The predicted molar refractivity (Wildman–Crippen MR) is 70.4 cm³/mol. The standard InChI is InChI=1S/C12H13BrClNO2/c1-12(6-17-7-12)5-15-11(16)8-2-3-10(14)9(13)4-8/h2-4H,5-7H2,1H3,(H,15,16). The Kier molecular flexibility index (Phi) is 3.76. The first-order valence-corrected chi connectivity index (χ1v) is 6.48. The number of carbonyl (C=O) groups is 1. The van der Waals surface area contributed by atoms with Gasteiger partial charge < -0.3 is 10.1 Å². The van der Waals surface area contributed by atoms with E-state index in [9.17, 15) is 4.79 Å². The second-order valence-corrected chi connectivity index (χ2v) is 5.88. The average Bonchev–Trinajstić information content (AvgIpc) is 2.27. The van der Waals surface area contributed by atoms with Crippen LogP contribution in [0.3, 0.4) is 0 Å². The zero-order valence-corrected chi connectivity index (χ0v) is 11.8. The van der Waals surface area contributed by atoms with Crippen LogP contribution >= 0.6 is 27.5 Å². The average molecular weight is 319 g/mol. The minimum Gasteiger partial charge on any atom is -0.380 e. The summed E-state index contributed by atoms with van der Waals surface area (Å²) in [6.07, 6.45) is 0. The van der Waals surface area contributed by atoms with Crippen LogP contribution in [0.1, 0.15) is 17.3 Å². The van der Waals surface area contributed by atoms with E-state index in [1.807, 2.05) is 0 Å². The summed E-state index contributed by atoms with van der Waals surface area (Å²) in [5.41, 5.74) is 0.685. The van der Waals surface area contributed by atoms with Gasteiger partial charge in [-0.2, -0.15) is 0 Å². The first-order chi connectivity index (χ1) is 8.00. The van der Waals surface area contributed by atoms with Crippen LogP contribution in [-0.4, -0.2) is 25.7 Å². The van der Waals surface area contributed by atoms with Gasteiger partial charge in [0.15, 0.2) is 0 Å². The monoisotopic (exact) mass is 317 g/mol. The molecule has 5 heteroatoms. The predicted octanol–water partition coefficient (Wildman–Crippen LogP) is 2.87. The molecule has 92 valence electrons. The van der Waals surface area contributed by atoms with Crippen molar-refractivity contribution in [3.05, 3.63) is 33.3 Å². The summed E-state index contributed by atoms with van der Waals surface area (Å²) in [7, 11) is 0. The molecule has 1 amide bonds. The summed E-state index contributed by atoms with van der Waals surface area (Å²) in [6.45, 7) is 4.13. The molecule has 1 N–H and O–H groups in total. The van der Waals surface area contributed by atoms with Gasteiger partial charge in [-0.3, -0.25) is 4.79 Å². The van der Waals surface area contributed by atoms with Crippen LogP contribution in [0.5, 0.6) is 0 Å². The molecule has 1 saturated heterocycles. The molecule has 3 nitrogen and oxygen atoms in total. The van der Waals surface area contributed by atoms with Crippen LogP contribution in [0.2, 0.25) is 5.02 Å². The maximum Gasteiger partial charge on any atom is 0.251 e. The summed E-state index contributed by atoms with van der Waals surface area (Å²) in [4.78, 5) is 11.9. The molecule has 1 aromatic carbocycles. The summed E-state index contributed by atoms with van der Waals surface area (Å²) >= 11 is 9.17. The van der Waals surface area contributed by atoms with Gasteiger partial charge in [-0.1, -0.05) is 18.5 Å². The normalized spacial score (nSPS) is 17.4. The third kappa shape index (κ3) is 3.00. The molecule has 2 rings (SSSR count). The number of amides is 1. The van der Waals surface area contributed by atoms with Gasteiger partial charge in [0.1, 0.15) is 0 Å². The van der Waals surface area contributed by atoms with Crippen LogP contribution in [0.25, 0.3) is 0 Å². The van der Waals surface area contributed by atoms with Gasteiger partial charge in [0.05, 0.1) is 18.2 Å². The van der Waals surface area contributed by atoms with Crippen LogP contribution < -0.4 is 5.32 Å². The summed E-state index contributed by atoms with van der Waals surface area (Å²) in [6, 6.07) is 5.13. The number of carbonyl (C=O) groups excluding carboxylic acids is 1. The minimum absolute atomic E-state index is 0.0827. The Labute approximate surface area is 114 Å². The molecule has 1 aliphatic heterocycles. The molecule has 0 aliphatic carbocycles. The van der Waals surface area contributed by atoms with E-state index < -0.39 is 0 Å². The number of rotatable bonds is 3. The lowest BCUT2D eigenvalue weighted by Gasteiger charge is -2.38. The molecule has 17 heavy (non-hydrogen) atoms. The Morgan fingerprint density at radius 1 is 1.59 bits per heavy atom. The van der Waals surface area contributed by atoms with Crippen molar-refractivity contribution in [2.75, 3.05) is 19.8 Å². The molecular formula is C12H13BrClNO2. The maximum atomic E-state index is 11.9.